The number of para-hydroxylation sites is 1. The van der Waals surface area contributed by atoms with Gasteiger partial charge >= 0.3 is 0 Å². The normalized spacial score (nSPS) is 22.7. The van der Waals surface area contributed by atoms with Gasteiger partial charge in [0, 0.05) is 16.8 Å². The lowest BCUT2D eigenvalue weighted by Gasteiger charge is -2.52. The Morgan fingerprint density at radius 3 is 1.89 bits per heavy atom. The molecule has 0 N–H and O–H groups in total. The highest BCUT2D eigenvalue weighted by Gasteiger charge is 2.59. The third kappa shape index (κ3) is 3.67. The summed E-state index contributed by atoms with van der Waals surface area (Å²) in [6.07, 6.45) is 5.00. The number of hydrogen-bond acceptors (Lipinski definition) is 1. The zero-order valence-corrected chi connectivity index (χ0v) is 26.5. The van der Waals surface area contributed by atoms with E-state index in [9.17, 15) is 0 Å². The summed E-state index contributed by atoms with van der Waals surface area (Å²) in [5.41, 5.74) is 9.55. The van der Waals surface area contributed by atoms with Crippen molar-refractivity contribution in [3.8, 4) is 22.3 Å². The lowest BCUT2D eigenvalue weighted by Crippen LogP contribution is -2.56. The molecular weight excluding hydrogens is 542 g/mol. The topological polar surface area (TPSA) is 3.24 Å². The minimum Gasteiger partial charge on any atom is -0.334 e. The van der Waals surface area contributed by atoms with Crippen molar-refractivity contribution in [2.24, 2.45) is 5.92 Å². The second-order valence-electron chi connectivity index (χ2n) is 14.0. The van der Waals surface area contributed by atoms with E-state index in [-0.39, 0.29) is 11.0 Å². The smallest absolute Gasteiger partial charge is 0.0518 e. The van der Waals surface area contributed by atoms with Gasteiger partial charge in [-0.2, -0.15) is 0 Å². The van der Waals surface area contributed by atoms with Crippen molar-refractivity contribution in [1.82, 2.24) is 0 Å². The van der Waals surface area contributed by atoms with E-state index >= 15 is 0 Å². The molecule has 1 heteroatoms. The van der Waals surface area contributed by atoms with Gasteiger partial charge in [0.2, 0.25) is 0 Å². The standard InChI is InChI=1S/C44H39N/c1-4-29-25-26-44(3)43(2,28-29)39-27-33(19-24-40(39)45(44)34-13-9-6-10-14-34)36-21-16-32-17-22-37-35(30-11-7-5-8-12-30)20-15-31-18-23-38(36)42(32)41(31)37/h5-24,27,29H,4,25-26,28H2,1-3H3. The zero-order valence-electron chi connectivity index (χ0n) is 26.5. The predicted molar refractivity (Wildman–Crippen MR) is 193 cm³/mol. The molecule has 0 spiro atoms. The van der Waals surface area contributed by atoms with Crippen LogP contribution >= 0.6 is 0 Å². The van der Waals surface area contributed by atoms with E-state index in [1.807, 2.05) is 0 Å². The van der Waals surface area contributed by atoms with E-state index in [0.29, 0.717) is 0 Å². The Kier molecular flexibility index (Phi) is 5.76. The SMILES string of the molecule is CCC1CCC2(C)N(c3ccccc3)c3ccc(-c4ccc5ccc6c(-c7ccccc7)ccc7ccc4c5c76)cc3C2(C)C1. The number of anilines is 2. The largest absolute Gasteiger partial charge is 0.334 e. The molecule has 2 aliphatic rings. The molecule has 45 heavy (non-hydrogen) atoms. The molecule has 3 unspecified atom stereocenters. The molecule has 0 amide bonds. The molecule has 0 bridgehead atoms. The Hall–Kier alpha value is -4.62. The summed E-state index contributed by atoms with van der Waals surface area (Å²) in [4.78, 5) is 2.69. The van der Waals surface area contributed by atoms with Crippen LogP contribution < -0.4 is 4.90 Å². The van der Waals surface area contributed by atoms with E-state index in [0.717, 1.165) is 5.92 Å². The monoisotopic (exact) mass is 581 g/mol. The summed E-state index contributed by atoms with van der Waals surface area (Å²) in [7, 11) is 0. The van der Waals surface area contributed by atoms with E-state index < -0.39 is 0 Å². The molecule has 1 aliphatic carbocycles. The Morgan fingerprint density at radius 2 is 1.24 bits per heavy atom. The maximum Gasteiger partial charge on any atom is 0.0518 e. The fourth-order valence-corrected chi connectivity index (χ4v) is 9.30. The highest BCUT2D eigenvalue weighted by molar-refractivity contribution is 6.27. The second kappa shape index (κ2) is 9.69. The molecule has 0 aromatic heterocycles. The Morgan fingerprint density at radius 1 is 0.644 bits per heavy atom. The van der Waals surface area contributed by atoms with Crippen LogP contribution in [-0.2, 0) is 5.41 Å². The highest BCUT2D eigenvalue weighted by atomic mass is 15.3. The quantitative estimate of drug-likeness (QED) is 0.187. The summed E-state index contributed by atoms with van der Waals surface area (Å²) in [5.74, 6) is 0.767. The van der Waals surface area contributed by atoms with Gasteiger partial charge in [-0.25, -0.2) is 0 Å². The van der Waals surface area contributed by atoms with Gasteiger partial charge in [0.15, 0.2) is 0 Å². The van der Waals surface area contributed by atoms with Gasteiger partial charge < -0.3 is 4.90 Å². The molecule has 1 saturated carbocycles. The van der Waals surface area contributed by atoms with Gasteiger partial charge in [-0.05, 0) is 117 Å². The van der Waals surface area contributed by atoms with E-state index in [2.05, 4.69) is 153 Å². The van der Waals surface area contributed by atoms with E-state index in [4.69, 9.17) is 0 Å². The fourth-order valence-electron chi connectivity index (χ4n) is 9.30. The van der Waals surface area contributed by atoms with Crippen LogP contribution in [0.4, 0.5) is 11.4 Å². The zero-order chi connectivity index (χ0) is 30.3. The molecule has 220 valence electrons. The van der Waals surface area contributed by atoms with Crippen LogP contribution in [0.15, 0.2) is 127 Å². The molecule has 0 saturated heterocycles. The molecular formula is C44H39N. The molecule has 1 nitrogen and oxygen atoms in total. The number of hydrogen-bond donors (Lipinski definition) is 0. The number of fused-ring (bicyclic) bond motifs is 3. The lowest BCUT2D eigenvalue weighted by molar-refractivity contribution is 0.143. The third-order valence-corrected chi connectivity index (χ3v) is 11.9. The molecule has 7 aromatic rings. The van der Waals surface area contributed by atoms with Crippen molar-refractivity contribution in [3.63, 3.8) is 0 Å². The van der Waals surface area contributed by atoms with Crippen molar-refractivity contribution in [2.45, 2.75) is 57.4 Å². The van der Waals surface area contributed by atoms with Gasteiger partial charge in [-0.15, -0.1) is 0 Å². The molecule has 1 fully saturated rings. The lowest BCUT2D eigenvalue weighted by atomic mass is 9.58. The van der Waals surface area contributed by atoms with Crippen molar-refractivity contribution >= 4 is 43.7 Å². The first-order valence-electron chi connectivity index (χ1n) is 16.8. The highest BCUT2D eigenvalue weighted by Crippen LogP contribution is 2.62. The van der Waals surface area contributed by atoms with Crippen LogP contribution in [0.2, 0.25) is 0 Å². The molecule has 9 rings (SSSR count). The third-order valence-electron chi connectivity index (χ3n) is 11.9. The van der Waals surface area contributed by atoms with Crippen molar-refractivity contribution < 1.29 is 0 Å². The van der Waals surface area contributed by atoms with Crippen LogP contribution in [-0.4, -0.2) is 5.54 Å². The molecule has 1 heterocycles. The fraction of sp³-hybridized carbons (Fsp3) is 0.227. The van der Waals surface area contributed by atoms with Crippen LogP contribution in [0.25, 0.3) is 54.6 Å². The minimum absolute atomic E-state index is 0.0392. The average molecular weight is 582 g/mol. The molecule has 1 aliphatic heterocycles. The minimum atomic E-state index is 0.0392. The van der Waals surface area contributed by atoms with Gasteiger partial charge in [-0.3, -0.25) is 0 Å². The summed E-state index contributed by atoms with van der Waals surface area (Å²) in [6, 6.07) is 48.0. The van der Waals surface area contributed by atoms with Crippen LogP contribution in [0.5, 0.6) is 0 Å². The number of benzene rings is 7. The number of nitrogens with zero attached hydrogens (tertiary/aromatic N) is 1. The Bertz CT molecular complexity index is 2210. The molecule has 7 aromatic carbocycles. The van der Waals surface area contributed by atoms with Crippen LogP contribution in [0.3, 0.4) is 0 Å². The first kappa shape index (κ1) is 26.8. The first-order chi connectivity index (χ1) is 22.0. The van der Waals surface area contributed by atoms with Crippen molar-refractivity contribution in [3.05, 3.63) is 133 Å². The van der Waals surface area contributed by atoms with Crippen molar-refractivity contribution in [1.29, 1.82) is 0 Å². The summed E-state index contributed by atoms with van der Waals surface area (Å²) >= 11 is 0. The van der Waals surface area contributed by atoms with E-state index in [1.54, 1.807) is 0 Å². The van der Waals surface area contributed by atoms with Gasteiger partial charge in [-0.1, -0.05) is 123 Å². The molecule has 0 radical (unpaired) electrons. The van der Waals surface area contributed by atoms with Crippen LogP contribution in [0.1, 0.15) is 52.0 Å². The van der Waals surface area contributed by atoms with Gasteiger partial charge in [0.05, 0.1) is 5.54 Å². The van der Waals surface area contributed by atoms with Crippen LogP contribution in [0, 0.1) is 5.92 Å². The summed E-state index contributed by atoms with van der Waals surface area (Å²) in [6.45, 7) is 7.48. The Balaban J connectivity index is 1.27. The summed E-state index contributed by atoms with van der Waals surface area (Å²) in [5, 5.41) is 8.05. The summed E-state index contributed by atoms with van der Waals surface area (Å²) < 4.78 is 0. The first-order valence-corrected chi connectivity index (χ1v) is 16.8. The van der Waals surface area contributed by atoms with Gasteiger partial charge in [0.25, 0.3) is 0 Å². The number of rotatable bonds is 4. The second-order valence-corrected chi connectivity index (χ2v) is 14.0. The maximum atomic E-state index is 2.69. The Labute approximate surface area is 266 Å². The maximum absolute atomic E-state index is 2.69. The predicted octanol–water partition coefficient (Wildman–Crippen LogP) is 12.3. The molecule has 3 atom stereocenters. The van der Waals surface area contributed by atoms with Crippen molar-refractivity contribution in [2.75, 3.05) is 4.90 Å². The van der Waals surface area contributed by atoms with E-state index in [1.165, 1.54) is 97.2 Å². The average Bonchev–Trinajstić information content (AvgIpc) is 3.29. The van der Waals surface area contributed by atoms with Gasteiger partial charge in [0.1, 0.15) is 0 Å².